The Hall–Kier alpha value is -3.19. The van der Waals surface area contributed by atoms with Gasteiger partial charge in [0.15, 0.2) is 0 Å². The third-order valence-corrected chi connectivity index (χ3v) is 5.45. The van der Waals surface area contributed by atoms with Crippen molar-refractivity contribution in [1.29, 1.82) is 0 Å². The van der Waals surface area contributed by atoms with Gasteiger partial charge in [-0.3, -0.25) is 4.79 Å². The molecule has 1 unspecified atom stereocenters. The smallest absolute Gasteiger partial charge is 0.326 e. The molecule has 0 saturated heterocycles. The monoisotopic (exact) mass is 379 g/mol. The van der Waals surface area contributed by atoms with E-state index in [0.717, 1.165) is 26.7 Å². The van der Waals surface area contributed by atoms with E-state index in [1.54, 1.807) is 6.07 Å². The largest absolute Gasteiger partial charge is 0.480 e. The molecule has 0 radical (unpaired) electrons. The Morgan fingerprint density at radius 2 is 2.04 bits per heavy atom. The molecule has 1 atom stereocenters. The number of aromatic amines is 1. The summed E-state index contributed by atoms with van der Waals surface area (Å²) in [4.78, 5) is 32.2. The molecule has 4 rings (SSSR count). The third-order valence-electron chi connectivity index (χ3n) is 4.34. The lowest BCUT2D eigenvalue weighted by atomic mass is 10.2. The molecule has 1 amide bonds. The summed E-state index contributed by atoms with van der Waals surface area (Å²) in [6.07, 6.45) is 0.0830. The quantitative estimate of drug-likeness (QED) is 0.494. The number of hydrogen-bond acceptors (Lipinski definition) is 4. The second-order valence-corrected chi connectivity index (χ2v) is 7.50. The summed E-state index contributed by atoms with van der Waals surface area (Å²) in [6.45, 7) is 1.98. The SMILES string of the molecule is Cc1ccc2nc(CC(NC(=O)c3cc4ccccc4s3)C(=O)O)[nH]c2c1. The number of imidazole rings is 1. The molecule has 7 heteroatoms. The summed E-state index contributed by atoms with van der Waals surface area (Å²) in [7, 11) is 0. The minimum atomic E-state index is -1.10. The lowest BCUT2D eigenvalue weighted by Gasteiger charge is -2.12. The highest BCUT2D eigenvalue weighted by molar-refractivity contribution is 7.20. The minimum Gasteiger partial charge on any atom is -0.480 e. The van der Waals surface area contributed by atoms with Gasteiger partial charge in [0.2, 0.25) is 0 Å². The number of H-pyrrole nitrogens is 1. The van der Waals surface area contributed by atoms with Gasteiger partial charge >= 0.3 is 5.97 Å². The van der Waals surface area contributed by atoms with Gasteiger partial charge in [0, 0.05) is 11.1 Å². The van der Waals surface area contributed by atoms with Gasteiger partial charge in [-0.1, -0.05) is 24.3 Å². The van der Waals surface area contributed by atoms with Gasteiger partial charge in [0.05, 0.1) is 15.9 Å². The number of amides is 1. The van der Waals surface area contributed by atoms with Crippen LogP contribution in [-0.2, 0) is 11.2 Å². The van der Waals surface area contributed by atoms with E-state index in [2.05, 4.69) is 15.3 Å². The van der Waals surface area contributed by atoms with E-state index in [9.17, 15) is 14.7 Å². The summed E-state index contributed by atoms with van der Waals surface area (Å²) in [6, 6.07) is 14.2. The first-order valence-corrected chi connectivity index (χ1v) is 9.29. The van der Waals surface area contributed by atoms with Crippen LogP contribution in [-0.4, -0.2) is 33.0 Å². The molecule has 0 saturated carbocycles. The number of carboxylic acids is 1. The average molecular weight is 379 g/mol. The van der Waals surface area contributed by atoms with Gasteiger partial charge in [-0.2, -0.15) is 0 Å². The molecule has 0 fully saturated rings. The number of rotatable bonds is 5. The predicted molar refractivity (Wildman–Crippen MR) is 105 cm³/mol. The van der Waals surface area contributed by atoms with Gasteiger partial charge in [0.1, 0.15) is 11.9 Å². The van der Waals surface area contributed by atoms with Crippen LogP contribution in [0.25, 0.3) is 21.1 Å². The summed E-state index contributed by atoms with van der Waals surface area (Å²) in [5, 5.41) is 13.1. The molecule has 6 nitrogen and oxygen atoms in total. The van der Waals surface area contributed by atoms with E-state index in [1.165, 1.54) is 11.3 Å². The van der Waals surface area contributed by atoms with Crippen molar-refractivity contribution in [3.05, 3.63) is 64.8 Å². The normalized spacial score (nSPS) is 12.3. The van der Waals surface area contributed by atoms with Crippen LogP contribution < -0.4 is 5.32 Å². The number of benzene rings is 2. The molecule has 0 aliphatic carbocycles. The molecule has 27 heavy (non-hydrogen) atoms. The Morgan fingerprint density at radius 1 is 1.22 bits per heavy atom. The number of hydrogen-bond donors (Lipinski definition) is 3. The number of carbonyl (C=O) groups excluding carboxylic acids is 1. The van der Waals surface area contributed by atoms with E-state index >= 15 is 0 Å². The maximum Gasteiger partial charge on any atom is 0.326 e. The zero-order chi connectivity index (χ0) is 19.0. The van der Waals surface area contributed by atoms with Crippen LogP contribution in [0.4, 0.5) is 0 Å². The van der Waals surface area contributed by atoms with E-state index in [-0.39, 0.29) is 6.42 Å². The molecular weight excluding hydrogens is 362 g/mol. The number of aliphatic carboxylic acids is 1. The van der Waals surface area contributed by atoms with Crippen LogP contribution in [0.5, 0.6) is 0 Å². The fraction of sp³-hybridized carbons (Fsp3) is 0.150. The second kappa shape index (κ2) is 6.85. The second-order valence-electron chi connectivity index (χ2n) is 6.42. The van der Waals surface area contributed by atoms with E-state index in [4.69, 9.17) is 0 Å². The number of aryl methyl sites for hydroxylation is 1. The van der Waals surface area contributed by atoms with Crippen molar-refractivity contribution < 1.29 is 14.7 Å². The number of nitrogens with one attached hydrogen (secondary N) is 2. The van der Waals surface area contributed by atoms with E-state index in [0.29, 0.717) is 10.7 Å². The van der Waals surface area contributed by atoms with Crippen molar-refractivity contribution in [2.45, 2.75) is 19.4 Å². The predicted octanol–water partition coefficient (Wildman–Crippen LogP) is 3.51. The van der Waals surface area contributed by atoms with E-state index < -0.39 is 17.9 Å². The Bertz CT molecular complexity index is 1130. The maximum absolute atomic E-state index is 12.5. The topological polar surface area (TPSA) is 95.1 Å². The zero-order valence-corrected chi connectivity index (χ0v) is 15.3. The highest BCUT2D eigenvalue weighted by atomic mass is 32.1. The molecule has 2 aromatic carbocycles. The number of thiophene rings is 1. The fourth-order valence-corrected chi connectivity index (χ4v) is 3.96. The van der Waals surface area contributed by atoms with Crippen molar-refractivity contribution in [1.82, 2.24) is 15.3 Å². The summed E-state index contributed by atoms with van der Waals surface area (Å²) < 4.78 is 0.988. The molecule has 0 spiro atoms. The molecule has 2 heterocycles. The molecular formula is C20H17N3O3S. The van der Waals surface area contributed by atoms with Gasteiger partial charge in [-0.25, -0.2) is 9.78 Å². The van der Waals surface area contributed by atoms with Crippen LogP contribution >= 0.6 is 11.3 Å². The molecule has 0 bridgehead atoms. The molecule has 3 N–H and O–H groups in total. The maximum atomic E-state index is 12.5. The number of carbonyl (C=O) groups is 2. The zero-order valence-electron chi connectivity index (χ0n) is 14.5. The number of aromatic nitrogens is 2. The van der Waals surface area contributed by atoms with Crippen LogP contribution in [0.2, 0.25) is 0 Å². The van der Waals surface area contributed by atoms with Crippen LogP contribution in [0.3, 0.4) is 0 Å². The Labute approximate surface area is 158 Å². The lowest BCUT2D eigenvalue weighted by Crippen LogP contribution is -2.42. The highest BCUT2D eigenvalue weighted by Crippen LogP contribution is 2.25. The van der Waals surface area contributed by atoms with Crippen molar-refractivity contribution in [3.8, 4) is 0 Å². The van der Waals surface area contributed by atoms with Crippen LogP contribution in [0.1, 0.15) is 21.1 Å². The van der Waals surface area contributed by atoms with Crippen LogP contribution in [0, 0.1) is 6.92 Å². The third kappa shape index (κ3) is 3.54. The summed E-state index contributed by atoms with van der Waals surface area (Å²) in [5.74, 6) is -0.962. The first-order valence-electron chi connectivity index (χ1n) is 8.47. The standard InChI is InChI=1S/C20H17N3O3S/c1-11-6-7-13-14(8-11)22-18(21-13)10-15(20(25)26)23-19(24)17-9-12-4-2-3-5-16(12)27-17/h2-9,15H,10H2,1H3,(H,21,22)(H,23,24)(H,25,26). The van der Waals surface area contributed by atoms with Gasteiger partial charge in [-0.05, 0) is 42.1 Å². The van der Waals surface area contributed by atoms with Crippen LogP contribution in [0.15, 0.2) is 48.5 Å². The first-order chi connectivity index (χ1) is 13.0. The number of fused-ring (bicyclic) bond motifs is 2. The number of carboxylic acid groups (broad SMARTS) is 1. The van der Waals surface area contributed by atoms with Crippen molar-refractivity contribution >= 4 is 44.3 Å². The van der Waals surface area contributed by atoms with Gasteiger partial charge in [0.25, 0.3) is 5.91 Å². The Morgan fingerprint density at radius 3 is 2.81 bits per heavy atom. The van der Waals surface area contributed by atoms with Gasteiger partial charge < -0.3 is 15.4 Å². The lowest BCUT2D eigenvalue weighted by molar-refractivity contribution is -0.139. The first kappa shape index (κ1) is 17.2. The van der Waals surface area contributed by atoms with Gasteiger partial charge in [-0.15, -0.1) is 11.3 Å². The molecule has 0 aliphatic heterocycles. The minimum absolute atomic E-state index is 0.0830. The number of nitrogens with zero attached hydrogens (tertiary/aromatic N) is 1. The average Bonchev–Trinajstić information content (AvgIpc) is 3.23. The Kier molecular flexibility index (Phi) is 4.37. The Balaban J connectivity index is 1.54. The van der Waals surface area contributed by atoms with E-state index in [1.807, 2.05) is 49.4 Å². The summed E-state index contributed by atoms with van der Waals surface area (Å²) >= 11 is 1.34. The highest BCUT2D eigenvalue weighted by Gasteiger charge is 2.23. The molecule has 2 aromatic heterocycles. The molecule has 136 valence electrons. The molecule has 0 aliphatic rings. The summed E-state index contributed by atoms with van der Waals surface area (Å²) in [5.41, 5.74) is 2.71. The fourth-order valence-electron chi connectivity index (χ4n) is 2.99. The molecule has 4 aromatic rings. The van der Waals surface area contributed by atoms with Crippen molar-refractivity contribution in [2.75, 3.05) is 0 Å². The van der Waals surface area contributed by atoms with Crippen molar-refractivity contribution in [2.24, 2.45) is 0 Å². The van der Waals surface area contributed by atoms with Crippen molar-refractivity contribution in [3.63, 3.8) is 0 Å².